The van der Waals surface area contributed by atoms with Crippen molar-refractivity contribution in [2.75, 3.05) is 36.9 Å². The minimum atomic E-state index is -0.299. The standard InChI is InChI=1S/C16H25N3O2.C9H10N2S/c1-4-15(21)8-14-7-12(2)16(17-9-14)19-6-5-18(11-20)10-13(19)3;1-6-3-4-7-8(5-6)12-9(10-2)11-7/h7,9,11,13,15,21H,4-6,8,10H2,1-3H3;3-5H,1-2H3,(H,10,11)/t13-,15-;/m0./s1. The molecule has 0 saturated carbocycles. The van der Waals surface area contributed by atoms with Gasteiger partial charge in [-0.3, -0.25) is 4.79 Å². The molecule has 2 N–H and O–H groups in total. The summed E-state index contributed by atoms with van der Waals surface area (Å²) in [5.41, 5.74) is 4.57. The number of aliphatic hydroxyl groups excluding tert-OH is 1. The van der Waals surface area contributed by atoms with Gasteiger partial charge in [-0.25, -0.2) is 9.97 Å². The first-order chi connectivity index (χ1) is 15.8. The van der Waals surface area contributed by atoms with Crippen LogP contribution in [-0.4, -0.2) is 65.2 Å². The molecule has 3 heterocycles. The van der Waals surface area contributed by atoms with Crippen molar-refractivity contribution in [1.29, 1.82) is 0 Å². The van der Waals surface area contributed by atoms with Crippen LogP contribution in [0.15, 0.2) is 30.5 Å². The molecule has 33 heavy (non-hydrogen) atoms. The summed E-state index contributed by atoms with van der Waals surface area (Å²) >= 11 is 1.69. The summed E-state index contributed by atoms with van der Waals surface area (Å²) in [6, 6.07) is 8.68. The van der Waals surface area contributed by atoms with Crippen LogP contribution in [-0.2, 0) is 11.2 Å². The SMILES string of the molecule is CC[C@H](O)Cc1cnc(N2CCN(C=O)C[C@@H]2C)c(C)c1.CNc1nc2ccc(C)cc2s1. The highest BCUT2D eigenvalue weighted by Gasteiger charge is 2.25. The quantitative estimate of drug-likeness (QED) is 0.531. The molecular weight excluding hydrogens is 434 g/mol. The summed E-state index contributed by atoms with van der Waals surface area (Å²) in [5, 5.41) is 13.8. The molecule has 1 amide bonds. The van der Waals surface area contributed by atoms with Crippen molar-refractivity contribution in [2.45, 2.75) is 52.7 Å². The molecule has 3 aromatic rings. The van der Waals surface area contributed by atoms with Gasteiger partial charge in [-0.15, -0.1) is 0 Å². The number of aryl methyl sites for hydroxylation is 2. The van der Waals surface area contributed by atoms with E-state index in [0.717, 1.165) is 60.1 Å². The number of hydrogen-bond acceptors (Lipinski definition) is 7. The summed E-state index contributed by atoms with van der Waals surface area (Å²) in [6.07, 6.45) is 3.89. The second-order valence-corrected chi connectivity index (χ2v) is 9.66. The Morgan fingerprint density at radius 3 is 2.73 bits per heavy atom. The van der Waals surface area contributed by atoms with Gasteiger partial charge in [0.05, 0.1) is 16.3 Å². The number of aromatic nitrogens is 2. The van der Waals surface area contributed by atoms with E-state index in [-0.39, 0.29) is 12.1 Å². The third-order valence-corrected chi connectivity index (χ3v) is 6.92. The molecule has 4 rings (SSSR count). The van der Waals surface area contributed by atoms with E-state index in [4.69, 9.17) is 0 Å². The monoisotopic (exact) mass is 469 g/mol. The van der Waals surface area contributed by atoms with Crippen molar-refractivity contribution in [1.82, 2.24) is 14.9 Å². The first-order valence-electron chi connectivity index (χ1n) is 11.5. The topological polar surface area (TPSA) is 81.6 Å². The van der Waals surface area contributed by atoms with Crippen LogP contribution in [0.5, 0.6) is 0 Å². The van der Waals surface area contributed by atoms with Crippen molar-refractivity contribution in [3.05, 3.63) is 47.2 Å². The fourth-order valence-electron chi connectivity index (χ4n) is 3.99. The van der Waals surface area contributed by atoms with Crippen LogP contribution in [0.1, 0.15) is 37.0 Å². The first kappa shape index (κ1) is 24.9. The molecule has 0 unspecified atom stereocenters. The number of thiazole rings is 1. The Balaban J connectivity index is 0.000000215. The molecule has 0 aliphatic carbocycles. The Morgan fingerprint density at radius 1 is 1.30 bits per heavy atom. The van der Waals surface area contributed by atoms with Gasteiger partial charge in [0, 0.05) is 38.9 Å². The predicted molar refractivity (Wildman–Crippen MR) is 137 cm³/mol. The van der Waals surface area contributed by atoms with Gasteiger partial charge in [0.25, 0.3) is 0 Å². The van der Waals surface area contributed by atoms with E-state index in [9.17, 15) is 9.90 Å². The van der Waals surface area contributed by atoms with Gasteiger partial charge in [0.2, 0.25) is 6.41 Å². The zero-order chi connectivity index (χ0) is 24.0. The maximum atomic E-state index is 10.9. The summed E-state index contributed by atoms with van der Waals surface area (Å²) in [4.78, 5) is 23.9. The fraction of sp³-hybridized carbons (Fsp3) is 0.480. The highest BCUT2D eigenvalue weighted by molar-refractivity contribution is 7.22. The molecule has 2 aromatic heterocycles. The van der Waals surface area contributed by atoms with Gasteiger partial charge < -0.3 is 20.2 Å². The van der Waals surface area contributed by atoms with Crippen LogP contribution in [0, 0.1) is 13.8 Å². The minimum absolute atomic E-state index is 0.266. The van der Waals surface area contributed by atoms with E-state index in [1.165, 1.54) is 10.3 Å². The molecule has 0 radical (unpaired) electrons. The van der Waals surface area contributed by atoms with Crippen molar-refractivity contribution >= 4 is 38.9 Å². The largest absolute Gasteiger partial charge is 0.393 e. The van der Waals surface area contributed by atoms with Gasteiger partial charge in [0.1, 0.15) is 5.82 Å². The number of nitrogens with zero attached hydrogens (tertiary/aromatic N) is 4. The molecule has 1 aromatic carbocycles. The number of nitrogens with one attached hydrogen (secondary N) is 1. The van der Waals surface area contributed by atoms with Crippen LogP contribution >= 0.6 is 11.3 Å². The van der Waals surface area contributed by atoms with Crippen molar-refractivity contribution in [2.24, 2.45) is 0 Å². The molecular formula is C25H35N5O2S. The average molecular weight is 470 g/mol. The number of carbonyl (C=O) groups excluding carboxylic acids is 1. The van der Waals surface area contributed by atoms with Crippen LogP contribution in [0.25, 0.3) is 10.2 Å². The molecule has 178 valence electrons. The number of hydrogen-bond donors (Lipinski definition) is 2. The Morgan fingerprint density at radius 2 is 2.09 bits per heavy atom. The highest BCUT2D eigenvalue weighted by Crippen LogP contribution is 2.26. The third-order valence-electron chi connectivity index (χ3n) is 5.89. The lowest BCUT2D eigenvalue weighted by molar-refractivity contribution is -0.118. The van der Waals surface area contributed by atoms with E-state index in [2.05, 4.69) is 65.2 Å². The molecule has 1 aliphatic rings. The van der Waals surface area contributed by atoms with Gasteiger partial charge in [-0.2, -0.15) is 0 Å². The molecule has 0 spiro atoms. The van der Waals surface area contributed by atoms with Crippen LogP contribution in [0.3, 0.4) is 0 Å². The summed E-state index contributed by atoms with van der Waals surface area (Å²) in [7, 11) is 1.89. The van der Waals surface area contributed by atoms with E-state index in [1.807, 2.05) is 25.1 Å². The van der Waals surface area contributed by atoms with Gasteiger partial charge in [0.15, 0.2) is 5.13 Å². The third kappa shape index (κ3) is 6.42. The number of aliphatic hydroxyl groups is 1. The number of benzene rings is 1. The number of piperazine rings is 1. The molecule has 1 aliphatic heterocycles. The van der Waals surface area contributed by atoms with Crippen molar-refractivity contribution < 1.29 is 9.90 Å². The molecule has 1 fully saturated rings. The Hall–Kier alpha value is -2.71. The van der Waals surface area contributed by atoms with E-state index in [0.29, 0.717) is 6.42 Å². The normalized spacial score (nSPS) is 16.8. The maximum Gasteiger partial charge on any atom is 0.209 e. The molecule has 2 atom stereocenters. The van der Waals surface area contributed by atoms with E-state index < -0.39 is 0 Å². The Labute approximate surface area is 200 Å². The number of amides is 1. The number of rotatable bonds is 6. The van der Waals surface area contributed by atoms with Crippen LogP contribution in [0.2, 0.25) is 0 Å². The smallest absolute Gasteiger partial charge is 0.209 e. The fourth-order valence-corrected chi connectivity index (χ4v) is 4.91. The summed E-state index contributed by atoms with van der Waals surface area (Å²) < 4.78 is 1.25. The van der Waals surface area contributed by atoms with E-state index >= 15 is 0 Å². The number of carbonyl (C=O) groups is 1. The lowest BCUT2D eigenvalue weighted by Crippen LogP contribution is -2.52. The molecule has 8 heteroatoms. The number of fused-ring (bicyclic) bond motifs is 1. The first-order valence-corrected chi connectivity index (χ1v) is 12.3. The molecule has 7 nitrogen and oxygen atoms in total. The zero-order valence-electron chi connectivity index (χ0n) is 20.2. The molecule has 0 bridgehead atoms. The number of anilines is 2. The predicted octanol–water partition coefficient (Wildman–Crippen LogP) is 4.02. The Kier molecular flexibility index (Phi) is 8.63. The summed E-state index contributed by atoms with van der Waals surface area (Å²) in [5.74, 6) is 0.989. The van der Waals surface area contributed by atoms with Crippen LogP contribution in [0.4, 0.5) is 10.9 Å². The lowest BCUT2D eigenvalue weighted by atomic mass is 10.1. The highest BCUT2D eigenvalue weighted by atomic mass is 32.1. The van der Waals surface area contributed by atoms with Crippen molar-refractivity contribution in [3.8, 4) is 0 Å². The molecule has 1 saturated heterocycles. The van der Waals surface area contributed by atoms with Gasteiger partial charge in [-0.05, 0) is 62.4 Å². The lowest BCUT2D eigenvalue weighted by Gasteiger charge is -2.39. The average Bonchev–Trinajstić information content (AvgIpc) is 3.22. The maximum absolute atomic E-state index is 10.9. The van der Waals surface area contributed by atoms with Crippen LogP contribution < -0.4 is 10.2 Å². The minimum Gasteiger partial charge on any atom is -0.393 e. The van der Waals surface area contributed by atoms with Gasteiger partial charge >= 0.3 is 0 Å². The van der Waals surface area contributed by atoms with Gasteiger partial charge in [-0.1, -0.05) is 30.4 Å². The number of pyridine rings is 1. The second-order valence-electron chi connectivity index (χ2n) is 8.63. The summed E-state index contributed by atoms with van der Waals surface area (Å²) in [6.45, 7) is 10.5. The van der Waals surface area contributed by atoms with E-state index in [1.54, 1.807) is 11.3 Å². The second kappa shape index (κ2) is 11.4. The Bertz CT molecular complexity index is 1070. The zero-order valence-corrected chi connectivity index (χ0v) is 21.0. The van der Waals surface area contributed by atoms with Crippen molar-refractivity contribution in [3.63, 3.8) is 0 Å².